The number of carbonyl (C=O) groups excluding carboxylic acids is 1. The first-order valence-electron chi connectivity index (χ1n) is 8.41. The van der Waals surface area contributed by atoms with Crippen LogP contribution in [-0.4, -0.2) is 44.4 Å². The van der Waals surface area contributed by atoms with E-state index in [9.17, 15) is 4.79 Å². The Hall–Kier alpha value is -1.75. The van der Waals surface area contributed by atoms with Crippen molar-refractivity contribution in [1.29, 1.82) is 0 Å². The number of hydrogen-bond acceptors (Lipinski definition) is 5. The summed E-state index contributed by atoms with van der Waals surface area (Å²) in [5.41, 5.74) is 1.74. The lowest BCUT2D eigenvalue weighted by molar-refractivity contribution is 0.000640. The fraction of sp³-hybridized carbons (Fsp3) is 0.611. The van der Waals surface area contributed by atoms with Gasteiger partial charge in [-0.1, -0.05) is 0 Å². The summed E-state index contributed by atoms with van der Waals surface area (Å²) in [6, 6.07) is 3.80. The van der Waals surface area contributed by atoms with E-state index in [-0.39, 0.29) is 24.8 Å². The minimum atomic E-state index is -0.216. The highest BCUT2D eigenvalue weighted by Gasteiger charge is 2.41. The van der Waals surface area contributed by atoms with Gasteiger partial charge in [0.25, 0.3) is 0 Å². The minimum Gasteiger partial charge on any atom is -0.458 e. The van der Waals surface area contributed by atoms with Gasteiger partial charge < -0.3 is 19.1 Å². The molecule has 3 atom stereocenters. The van der Waals surface area contributed by atoms with Gasteiger partial charge >= 0.3 is 5.97 Å². The first-order valence-corrected chi connectivity index (χ1v) is 8.41. The molecule has 5 nitrogen and oxygen atoms in total. The van der Waals surface area contributed by atoms with Crippen LogP contribution in [0.4, 0.5) is 0 Å². The predicted octanol–water partition coefficient (Wildman–Crippen LogP) is 2.79. The molecule has 0 radical (unpaired) electrons. The van der Waals surface area contributed by atoms with E-state index in [2.05, 4.69) is 19.0 Å². The summed E-state index contributed by atoms with van der Waals surface area (Å²) in [5.74, 6) is 2.17. The Labute approximate surface area is 136 Å². The van der Waals surface area contributed by atoms with Gasteiger partial charge in [0.15, 0.2) is 11.5 Å². The molecule has 5 heteroatoms. The first-order chi connectivity index (χ1) is 11.1. The maximum Gasteiger partial charge on any atom is 0.338 e. The number of benzene rings is 1. The van der Waals surface area contributed by atoms with Crippen LogP contribution in [0.3, 0.4) is 0 Å². The number of esters is 1. The van der Waals surface area contributed by atoms with Crippen molar-refractivity contribution in [2.45, 2.75) is 37.7 Å². The van der Waals surface area contributed by atoms with Crippen LogP contribution in [0.1, 0.15) is 47.5 Å². The molecule has 0 spiro atoms. The number of ether oxygens (including phenoxy) is 3. The quantitative estimate of drug-likeness (QED) is 0.802. The second-order valence-corrected chi connectivity index (χ2v) is 7.11. The van der Waals surface area contributed by atoms with Crippen molar-refractivity contribution in [3.8, 4) is 11.5 Å². The van der Waals surface area contributed by atoms with Crippen LogP contribution < -0.4 is 9.47 Å². The zero-order valence-electron chi connectivity index (χ0n) is 13.7. The Bertz CT molecular complexity index is 628. The van der Waals surface area contributed by atoms with E-state index in [4.69, 9.17) is 14.2 Å². The van der Waals surface area contributed by atoms with E-state index in [0.29, 0.717) is 17.2 Å². The lowest BCUT2D eigenvalue weighted by atomic mass is 9.72. The molecule has 1 aromatic rings. The van der Waals surface area contributed by atoms with Crippen molar-refractivity contribution >= 4 is 5.97 Å². The fourth-order valence-corrected chi connectivity index (χ4v) is 4.04. The van der Waals surface area contributed by atoms with Crippen LogP contribution in [0.25, 0.3) is 0 Å². The second kappa shape index (κ2) is 5.71. The third-order valence-electron chi connectivity index (χ3n) is 5.30. The van der Waals surface area contributed by atoms with Gasteiger partial charge in [-0.15, -0.1) is 0 Å². The van der Waals surface area contributed by atoms with E-state index in [0.717, 1.165) is 37.1 Å². The van der Waals surface area contributed by atoms with Gasteiger partial charge in [-0.2, -0.15) is 0 Å². The van der Waals surface area contributed by atoms with Crippen molar-refractivity contribution in [2.24, 2.45) is 5.92 Å². The van der Waals surface area contributed by atoms with Gasteiger partial charge in [0.2, 0.25) is 6.79 Å². The van der Waals surface area contributed by atoms with Gasteiger partial charge in [-0.25, -0.2) is 4.79 Å². The van der Waals surface area contributed by atoms with E-state index >= 15 is 0 Å². The van der Waals surface area contributed by atoms with Crippen LogP contribution in [0, 0.1) is 5.92 Å². The Kier molecular flexibility index (Phi) is 3.68. The van der Waals surface area contributed by atoms with Crippen LogP contribution in [0.15, 0.2) is 12.1 Å². The molecule has 0 bridgehead atoms. The molecule has 1 fully saturated rings. The summed E-state index contributed by atoms with van der Waals surface area (Å²) in [6.07, 6.45) is 4.40. The summed E-state index contributed by atoms with van der Waals surface area (Å²) in [5, 5.41) is 0. The second-order valence-electron chi connectivity index (χ2n) is 7.11. The van der Waals surface area contributed by atoms with E-state index < -0.39 is 0 Å². The highest BCUT2D eigenvalue weighted by Crippen LogP contribution is 2.47. The Morgan fingerprint density at radius 1 is 1.17 bits per heavy atom. The van der Waals surface area contributed by atoms with E-state index in [1.807, 2.05) is 6.07 Å². The Balaban J connectivity index is 1.61. The van der Waals surface area contributed by atoms with Gasteiger partial charge in [0, 0.05) is 5.92 Å². The molecule has 0 saturated heterocycles. The van der Waals surface area contributed by atoms with Crippen molar-refractivity contribution in [2.75, 3.05) is 27.4 Å². The number of nitrogens with zero attached hydrogens (tertiary/aromatic N) is 1. The molecular formula is C18H23NO4. The van der Waals surface area contributed by atoms with Crippen molar-refractivity contribution in [3.63, 3.8) is 0 Å². The zero-order chi connectivity index (χ0) is 16.0. The smallest absolute Gasteiger partial charge is 0.338 e. The number of rotatable bonds is 3. The standard InChI is InChI=1S/C18H23NO4/c1-19(2)6-5-11-3-4-15-13(7-11)12-8-16-17(22-10-21-16)9-14(12)18(20)23-15/h8-9,11,13,15H,3-7,10H2,1-2H3/t11-,13+,15+/m0/s1. The molecule has 0 aromatic heterocycles. The molecule has 23 heavy (non-hydrogen) atoms. The summed E-state index contributed by atoms with van der Waals surface area (Å²) < 4.78 is 16.6. The fourth-order valence-electron chi connectivity index (χ4n) is 4.04. The van der Waals surface area contributed by atoms with Gasteiger partial charge in [0.1, 0.15) is 6.10 Å². The first kappa shape index (κ1) is 14.8. The highest BCUT2D eigenvalue weighted by molar-refractivity contribution is 5.93. The number of carbonyl (C=O) groups is 1. The molecule has 4 rings (SSSR count). The molecule has 1 aromatic carbocycles. The molecule has 2 aliphatic heterocycles. The molecule has 0 amide bonds. The Morgan fingerprint density at radius 2 is 1.96 bits per heavy atom. The van der Waals surface area contributed by atoms with E-state index in [1.54, 1.807) is 6.07 Å². The van der Waals surface area contributed by atoms with E-state index in [1.165, 1.54) is 6.42 Å². The van der Waals surface area contributed by atoms with Crippen molar-refractivity contribution in [3.05, 3.63) is 23.3 Å². The van der Waals surface area contributed by atoms with Gasteiger partial charge in [-0.05, 0) is 69.9 Å². The lowest BCUT2D eigenvalue weighted by Crippen LogP contribution is -2.37. The van der Waals surface area contributed by atoms with Crippen molar-refractivity contribution in [1.82, 2.24) is 4.90 Å². The lowest BCUT2D eigenvalue weighted by Gasteiger charge is -2.40. The normalized spacial score (nSPS) is 28.3. The third-order valence-corrected chi connectivity index (χ3v) is 5.30. The summed E-state index contributed by atoms with van der Waals surface area (Å²) in [4.78, 5) is 14.5. The SMILES string of the molecule is CN(C)CC[C@@H]1CC[C@H]2OC(=O)c3cc4c(cc3[C@H]2C1)OCO4. The minimum absolute atomic E-state index is 0.0194. The molecule has 1 saturated carbocycles. The highest BCUT2D eigenvalue weighted by atomic mass is 16.7. The molecule has 3 aliphatic rings. The van der Waals surface area contributed by atoms with Gasteiger partial charge in [0.05, 0.1) is 5.56 Å². The number of fused-ring (bicyclic) bond motifs is 4. The van der Waals surface area contributed by atoms with Crippen molar-refractivity contribution < 1.29 is 19.0 Å². The summed E-state index contributed by atoms with van der Waals surface area (Å²) in [6.45, 7) is 1.34. The molecule has 124 valence electrons. The van der Waals surface area contributed by atoms with Crippen LogP contribution in [-0.2, 0) is 4.74 Å². The summed E-state index contributed by atoms with van der Waals surface area (Å²) in [7, 11) is 4.23. The molecule has 1 aliphatic carbocycles. The number of hydrogen-bond donors (Lipinski definition) is 0. The van der Waals surface area contributed by atoms with Crippen LogP contribution in [0.2, 0.25) is 0 Å². The third kappa shape index (κ3) is 2.67. The predicted molar refractivity (Wildman–Crippen MR) is 85.0 cm³/mol. The largest absolute Gasteiger partial charge is 0.458 e. The summed E-state index contributed by atoms with van der Waals surface area (Å²) >= 11 is 0. The average molecular weight is 317 g/mol. The maximum absolute atomic E-state index is 12.3. The topological polar surface area (TPSA) is 48.0 Å². The average Bonchev–Trinajstić information content (AvgIpc) is 2.99. The molecule has 2 heterocycles. The van der Waals surface area contributed by atoms with Gasteiger partial charge in [-0.3, -0.25) is 0 Å². The zero-order valence-corrected chi connectivity index (χ0v) is 13.7. The maximum atomic E-state index is 12.3. The molecule has 0 N–H and O–H groups in total. The van der Waals surface area contributed by atoms with Crippen LogP contribution in [0.5, 0.6) is 11.5 Å². The molecule has 0 unspecified atom stereocenters. The van der Waals surface area contributed by atoms with Crippen LogP contribution >= 0.6 is 0 Å². The molecular weight excluding hydrogens is 294 g/mol. The monoisotopic (exact) mass is 317 g/mol. The Morgan fingerprint density at radius 3 is 2.74 bits per heavy atom.